The molecule has 0 bridgehead atoms. The summed E-state index contributed by atoms with van der Waals surface area (Å²) in [7, 11) is 0. The topological polar surface area (TPSA) is 91.8 Å². The number of hydrogen-bond donors (Lipinski definition) is 3. The van der Waals surface area contributed by atoms with Gasteiger partial charge in [-0.15, -0.1) is 11.3 Å². The summed E-state index contributed by atoms with van der Waals surface area (Å²) in [6, 6.07) is 1.87. The Bertz CT molecular complexity index is 642. The van der Waals surface area contributed by atoms with Crippen LogP contribution in [0.3, 0.4) is 0 Å². The Kier molecular flexibility index (Phi) is 5.65. The van der Waals surface area contributed by atoms with Crippen molar-refractivity contribution in [3.63, 3.8) is 0 Å². The van der Waals surface area contributed by atoms with Crippen LogP contribution in [-0.4, -0.2) is 40.5 Å². The third kappa shape index (κ3) is 4.39. The highest BCUT2D eigenvalue weighted by Gasteiger charge is 2.10. The summed E-state index contributed by atoms with van der Waals surface area (Å²) < 4.78 is 0. The molecule has 0 unspecified atom stereocenters. The standard InChI is InChI=1S/C14H20N6OS/c1-4-15-14-19-9(2)7-11(20-14)16-5-6-17-13(21)12-10(3)18-8-22-12/h7-8H,4-6H2,1-3H3,(H,17,21)(H2,15,16,19,20). The number of aromatic nitrogens is 3. The first-order valence-electron chi connectivity index (χ1n) is 7.12. The summed E-state index contributed by atoms with van der Waals surface area (Å²) in [5.41, 5.74) is 3.32. The fraction of sp³-hybridized carbons (Fsp3) is 0.429. The monoisotopic (exact) mass is 320 g/mol. The Hall–Kier alpha value is -2.22. The molecule has 2 rings (SSSR count). The summed E-state index contributed by atoms with van der Waals surface area (Å²) in [5, 5.41) is 9.13. The van der Waals surface area contributed by atoms with E-state index in [4.69, 9.17) is 0 Å². The van der Waals surface area contributed by atoms with Gasteiger partial charge in [-0.3, -0.25) is 4.79 Å². The van der Waals surface area contributed by atoms with Gasteiger partial charge in [0.05, 0.1) is 11.2 Å². The molecule has 22 heavy (non-hydrogen) atoms. The zero-order valence-electron chi connectivity index (χ0n) is 12.9. The Balaban J connectivity index is 1.81. The lowest BCUT2D eigenvalue weighted by atomic mass is 10.3. The fourth-order valence-corrected chi connectivity index (χ4v) is 2.58. The van der Waals surface area contributed by atoms with E-state index in [1.165, 1.54) is 11.3 Å². The molecule has 0 saturated carbocycles. The fourth-order valence-electron chi connectivity index (χ4n) is 1.86. The molecule has 2 heterocycles. The van der Waals surface area contributed by atoms with Crippen LogP contribution in [0.1, 0.15) is 28.0 Å². The Morgan fingerprint density at radius 3 is 2.73 bits per heavy atom. The van der Waals surface area contributed by atoms with Gasteiger partial charge in [-0.2, -0.15) is 4.98 Å². The maximum atomic E-state index is 11.9. The van der Waals surface area contributed by atoms with E-state index in [1.807, 2.05) is 26.8 Å². The van der Waals surface area contributed by atoms with Crippen LogP contribution in [0, 0.1) is 13.8 Å². The van der Waals surface area contributed by atoms with Gasteiger partial charge in [0, 0.05) is 31.4 Å². The third-order valence-corrected chi connectivity index (χ3v) is 3.78. The second kappa shape index (κ2) is 7.69. The normalized spacial score (nSPS) is 10.3. The van der Waals surface area contributed by atoms with Crippen molar-refractivity contribution < 1.29 is 4.79 Å². The van der Waals surface area contributed by atoms with Crippen LogP contribution in [-0.2, 0) is 0 Å². The van der Waals surface area contributed by atoms with Gasteiger partial charge in [0.2, 0.25) is 5.95 Å². The smallest absolute Gasteiger partial charge is 0.263 e. The van der Waals surface area contributed by atoms with Gasteiger partial charge >= 0.3 is 0 Å². The molecule has 0 aliphatic carbocycles. The van der Waals surface area contributed by atoms with Gasteiger partial charge < -0.3 is 16.0 Å². The van der Waals surface area contributed by atoms with Gasteiger partial charge in [-0.25, -0.2) is 9.97 Å². The van der Waals surface area contributed by atoms with Crippen molar-refractivity contribution >= 4 is 29.0 Å². The minimum absolute atomic E-state index is 0.0889. The van der Waals surface area contributed by atoms with Crippen molar-refractivity contribution in [1.29, 1.82) is 0 Å². The number of carbonyl (C=O) groups is 1. The van der Waals surface area contributed by atoms with E-state index < -0.39 is 0 Å². The summed E-state index contributed by atoms with van der Waals surface area (Å²) in [6.45, 7) is 7.61. The lowest BCUT2D eigenvalue weighted by Gasteiger charge is -2.09. The highest BCUT2D eigenvalue weighted by molar-refractivity contribution is 7.11. The maximum Gasteiger partial charge on any atom is 0.263 e. The van der Waals surface area contributed by atoms with E-state index in [0.29, 0.717) is 23.9 Å². The van der Waals surface area contributed by atoms with E-state index in [9.17, 15) is 4.79 Å². The molecule has 0 radical (unpaired) electrons. The van der Waals surface area contributed by atoms with Crippen molar-refractivity contribution in [3.8, 4) is 0 Å². The number of anilines is 2. The molecule has 7 nitrogen and oxygen atoms in total. The van der Waals surface area contributed by atoms with Crippen LogP contribution in [0.4, 0.5) is 11.8 Å². The summed E-state index contributed by atoms with van der Waals surface area (Å²) in [6.07, 6.45) is 0. The SMILES string of the molecule is CCNc1nc(C)cc(NCCNC(=O)c2scnc2C)n1. The molecule has 3 N–H and O–H groups in total. The first-order valence-corrected chi connectivity index (χ1v) is 7.99. The lowest BCUT2D eigenvalue weighted by molar-refractivity contribution is 0.0958. The number of nitrogens with zero attached hydrogens (tertiary/aromatic N) is 3. The first kappa shape index (κ1) is 16.2. The van der Waals surface area contributed by atoms with E-state index in [2.05, 4.69) is 30.9 Å². The molecule has 0 spiro atoms. The van der Waals surface area contributed by atoms with Crippen LogP contribution in [0.25, 0.3) is 0 Å². The van der Waals surface area contributed by atoms with Crippen LogP contribution in [0.2, 0.25) is 0 Å². The second-order valence-corrected chi connectivity index (χ2v) is 5.55. The maximum absolute atomic E-state index is 11.9. The van der Waals surface area contributed by atoms with Crippen LogP contribution < -0.4 is 16.0 Å². The average Bonchev–Trinajstić information content (AvgIpc) is 2.89. The molecule has 0 aliphatic heterocycles. The van der Waals surface area contributed by atoms with Gasteiger partial charge in [-0.1, -0.05) is 0 Å². The molecule has 0 aromatic carbocycles. The van der Waals surface area contributed by atoms with E-state index in [1.54, 1.807) is 5.51 Å². The average molecular weight is 320 g/mol. The van der Waals surface area contributed by atoms with Gasteiger partial charge in [0.1, 0.15) is 10.7 Å². The van der Waals surface area contributed by atoms with Gasteiger partial charge in [0.25, 0.3) is 5.91 Å². The number of nitrogens with one attached hydrogen (secondary N) is 3. The van der Waals surface area contributed by atoms with Crippen molar-refractivity contribution in [2.45, 2.75) is 20.8 Å². The predicted octanol–water partition coefficient (Wildman–Crippen LogP) is 1.82. The molecular weight excluding hydrogens is 300 g/mol. The second-order valence-electron chi connectivity index (χ2n) is 4.70. The van der Waals surface area contributed by atoms with Crippen molar-refractivity contribution in [3.05, 3.63) is 27.8 Å². The highest BCUT2D eigenvalue weighted by atomic mass is 32.1. The minimum atomic E-state index is -0.0889. The molecule has 0 saturated heterocycles. The summed E-state index contributed by atoms with van der Waals surface area (Å²) in [4.78, 5) is 25.3. The Labute approximate surface area is 133 Å². The number of thiazole rings is 1. The molecule has 0 aliphatic rings. The largest absolute Gasteiger partial charge is 0.368 e. The number of hydrogen-bond acceptors (Lipinski definition) is 7. The molecule has 8 heteroatoms. The molecule has 2 aromatic heterocycles. The van der Waals surface area contributed by atoms with Crippen LogP contribution in [0.15, 0.2) is 11.6 Å². The lowest BCUT2D eigenvalue weighted by Crippen LogP contribution is -2.28. The van der Waals surface area contributed by atoms with Crippen molar-refractivity contribution in [1.82, 2.24) is 20.3 Å². The molecule has 0 fully saturated rings. The number of aryl methyl sites for hydroxylation is 2. The van der Waals surface area contributed by atoms with Gasteiger partial charge in [0.15, 0.2) is 0 Å². The third-order valence-electron chi connectivity index (χ3n) is 2.86. The van der Waals surface area contributed by atoms with Crippen LogP contribution >= 0.6 is 11.3 Å². The Morgan fingerprint density at radius 1 is 1.23 bits per heavy atom. The van der Waals surface area contributed by atoms with E-state index in [-0.39, 0.29) is 5.91 Å². The molecule has 2 aromatic rings. The summed E-state index contributed by atoms with van der Waals surface area (Å²) >= 11 is 1.35. The van der Waals surface area contributed by atoms with E-state index >= 15 is 0 Å². The van der Waals surface area contributed by atoms with Gasteiger partial charge in [-0.05, 0) is 20.8 Å². The minimum Gasteiger partial charge on any atom is -0.368 e. The predicted molar refractivity (Wildman–Crippen MR) is 88.6 cm³/mol. The molecule has 118 valence electrons. The van der Waals surface area contributed by atoms with Crippen molar-refractivity contribution in [2.24, 2.45) is 0 Å². The number of rotatable bonds is 7. The highest BCUT2D eigenvalue weighted by Crippen LogP contribution is 2.11. The summed E-state index contributed by atoms with van der Waals surface area (Å²) in [5.74, 6) is 1.26. The number of carbonyl (C=O) groups excluding carboxylic acids is 1. The zero-order valence-corrected chi connectivity index (χ0v) is 13.8. The van der Waals surface area contributed by atoms with Crippen molar-refractivity contribution in [2.75, 3.05) is 30.3 Å². The molecule has 0 atom stereocenters. The van der Waals surface area contributed by atoms with E-state index in [0.717, 1.165) is 23.8 Å². The first-order chi connectivity index (χ1) is 10.6. The number of amides is 1. The molecule has 1 amide bonds. The quantitative estimate of drug-likeness (QED) is 0.674. The zero-order chi connectivity index (χ0) is 15.9. The molecular formula is C14H20N6OS. The van der Waals surface area contributed by atoms with Crippen LogP contribution in [0.5, 0.6) is 0 Å². The Morgan fingerprint density at radius 2 is 2.05 bits per heavy atom.